The van der Waals surface area contributed by atoms with Crippen LogP contribution < -0.4 is 4.74 Å². The van der Waals surface area contributed by atoms with Gasteiger partial charge in [-0.05, 0) is 19.4 Å². The minimum Gasteiger partial charge on any atom is -0.433 e. The second kappa shape index (κ2) is 6.23. The van der Waals surface area contributed by atoms with Crippen LogP contribution in [-0.4, -0.2) is 39.2 Å². The number of ether oxygens (including phenoxy) is 1. The maximum Gasteiger partial charge on any atom is 0.387 e. The lowest BCUT2D eigenvalue weighted by Gasteiger charge is -2.17. The van der Waals surface area contributed by atoms with Gasteiger partial charge >= 0.3 is 6.61 Å². The molecule has 9 heteroatoms. The SMILES string of the molecule is Cc1cc(OC(F)F)c(C(=O)N(C)Cc2nnc3n2CCC3)s1. The van der Waals surface area contributed by atoms with Gasteiger partial charge < -0.3 is 14.2 Å². The first-order chi connectivity index (χ1) is 11.0. The number of carbonyl (C=O) groups excluding carboxylic acids is 1. The lowest BCUT2D eigenvalue weighted by Crippen LogP contribution is -2.27. The molecule has 1 amide bonds. The molecule has 0 N–H and O–H groups in total. The molecule has 1 aliphatic rings. The topological polar surface area (TPSA) is 60.2 Å². The normalized spacial score (nSPS) is 13.4. The monoisotopic (exact) mass is 342 g/mol. The number of hydrogen-bond acceptors (Lipinski definition) is 5. The highest BCUT2D eigenvalue weighted by Crippen LogP contribution is 2.31. The molecule has 23 heavy (non-hydrogen) atoms. The molecule has 0 atom stereocenters. The second-order valence-corrected chi connectivity index (χ2v) is 6.63. The summed E-state index contributed by atoms with van der Waals surface area (Å²) < 4.78 is 31.4. The van der Waals surface area contributed by atoms with Gasteiger partial charge in [-0.2, -0.15) is 8.78 Å². The number of thiophene rings is 1. The molecule has 0 fully saturated rings. The Morgan fingerprint density at radius 3 is 3.04 bits per heavy atom. The van der Waals surface area contributed by atoms with Crippen LogP contribution in [0.15, 0.2) is 6.07 Å². The molecule has 2 aromatic rings. The third-order valence-electron chi connectivity index (χ3n) is 3.64. The molecule has 2 aromatic heterocycles. The smallest absolute Gasteiger partial charge is 0.387 e. The summed E-state index contributed by atoms with van der Waals surface area (Å²) >= 11 is 1.14. The minimum atomic E-state index is -2.96. The molecule has 0 radical (unpaired) electrons. The molecule has 0 aromatic carbocycles. The Morgan fingerprint density at radius 2 is 2.30 bits per heavy atom. The van der Waals surface area contributed by atoms with E-state index in [0.717, 1.165) is 41.4 Å². The first-order valence-corrected chi connectivity index (χ1v) is 7.99. The fraction of sp³-hybridized carbons (Fsp3) is 0.500. The molecular formula is C14H16F2N4O2S. The van der Waals surface area contributed by atoms with Crippen LogP contribution in [0.5, 0.6) is 5.75 Å². The molecule has 0 aliphatic carbocycles. The van der Waals surface area contributed by atoms with Gasteiger partial charge in [-0.15, -0.1) is 21.5 Å². The molecule has 0 spiro atoms. The van der Waals surface area contributed by atoms with Crippen molar-refractivity contribution >= 4 is 17.2 Å². The van der Waals surface area contributed by atoms with Crippen LogP contribution in [0.25, 0.3) is 0 Å². The van der Waals surface area contributed by atoms with Gasteiger partial charge in [0, 0.05) is 24.9 Å². The molecule has 6 nitrogen and oxygen atoms in total. The maximum absolute atomic E-state index is 12.5. The van der Waals surface area contributed by atoms with Gasteiger partial charge in [0.1, 0.15) is 16.5 Å². The van der Waals surface area contributed by atoms with E-state index in [4.69, 9.17) is 0 Å². The quantitative estimate of drug-likeness (QED) is 0.837. The van der Waals surface area contributed by atoms with Gasteiger partial charge in [0.25, 0.3) is 5.91 Å². The summed E-state index contributed by atoms with van der Waals surface area (Å²) in [6.07, 6.45) is 1.91. The van der Waals surface area contributed by atoms with Crippen molar-refractivity contribution < 1.29 is 18.3 Å². The van der Waals surface area contributed by atoms with Crippen molar-refractivity contribution in [2.75, 3.05) is 7.05 Å². The summed E-state index contributed by atoms with van der Waals surface area (Å²) in [6.45, 7) is -0.0970. The van der Waals surface area contributed by atoms with E-state index < -0.39 is 6.61 Å². The number of halogens is 2. The summed E-state index contributed by atoms with van der Waals surface area (Å²) in [5.74, 6) is 1.19. The number of amides is 1. The minimum absolute atomic E-state index is 0.0779. The standard InChI is InChI=1S/C14H16F2N4O2S/c1-8-6-9(22-14(15)16)12(23-8)13(21)19(2)7-11-18-17-10-4-3-5-20(10)11/h6,14H,3-5,7H2,1-2H3. The van der Waals surface area contributed by atoms with Crippen LogP contribution in [0.3, 0.4) is 0 Å². The Hall–Kier alpha value is -2.03. The highest BCUT2D eigenvalue weighted by molar-refractivity contribution is 7.14. The van der Waals surface area contributed by atoms with E-state index in [0.29, 0.717) is 5.82 Å². The Morgan fingerprint density at radius 1 is 1.52 bits per heavy atom. The highest BCUT2D eigenvalue weighted by Gasteiger charge is 2.24. The summed E-state index contributed by atoms with van der Waals surface area (Å²) in [5.41, 5.74) is 0. The van der Waals surface area contributed by atoms with E-state index in [2.05, 4.69) is 14.9 Å². The van der Waals surface area contributed by atoms with Crippen LogP contribution in [-0.2, 0) is 19.5 Å². The maximum atomic E-state index is 12.5. The van der Waals surface area contributed by atoms with Crippen molar-refractivity contribution in [3.8, 4) is 5.75 Å². The zero-order valence-electron chi connectivity index (χ0n) is 12.8. The third-order valence-corrected chi connectivity index (χ3v) is 4.66. The number of aryl methyl sites for hydroxylation is 2. The Balaban J connectivity index is 1.77. The summed E-state index contributed by atoms with van der Waals surface area (Å²) in [5, 5.41) is 8.20. The highest BCUT2D eigenvalue weighted by atomic mass is 32.1. The van der Waals surface area contributed by atoms with Crippen molar-refractivity contribution in [1.29, 1.82) is 0 Å². The van der Waals surface area contributed by atoms with Crippen molar-refractivity contribution in [3.05, 3.63) is 27.5 Å². The molecular weight excluding hydrogens is 326 g/mol. The molecule has 0 saturated carbocycles. The van der Waals surface area contributed by atoms with Gasteiger partial charge in [-0.1, -0.05) is 0 Å². The predicted octanol–water partition coefficient (Wildman–Crippen LogP) is 2.47. The number of nitrogens with zero attached hydrogens (tertiary/aromatic N) is 4. The zero-order valence-corrected chi connectivity index (χ0v) is 13.6. The van der Waals surface area contributed by atoms with Crippen molar-refractivity contribution in [3.63, 3.8) is 0 Å². The molecule has 0 unspecified atom stereocenters. The van der Waals surface area contributed by atoms with Crippen molar-refractivity contribution in [2.45, 2.75) is 39.5 Å². The number of rotatable bonds is 5. The number of fused-ring (bicyclic) bond motifs is 1. The molecule has 1 aliphatic heterocycles. The van der Waals surface area contributed by atoms with Gasteiger partial charge in [0.05, 0.1) is 6.54 Å². The summed E-state index contributed by atoms with van der Waals surface area (Å²) in [4.78, 5) is 14.9. The first kappa shape index (κ1) is 15.9. The van der Waals surface area contributed by atoms with E-state index >= 15 is 0 Å². The average Bonchev–Trinajstić information content (AvgIpc) is 3.15. The van der Waals surface area contributed by atoms with Gasteiger partial charge in [0.15, 0.2) is 5.82 Å². The fourth-order valence-corrected chi connectivity index (χ4v) is 3.55. The largest absolute Gasteiger partial charge is 0.433 e. The predicted molar refractivity (Wildman–Crippen MR) is 79.8 cm³/mol. The van der Waals surface area contributed by atoms with E-state index in [1.54, 1.807) is 14.0 Å². The fourth-order valence-electron chi connectivity index (χ4n) is 2.61. The average molecular weight is 342 g/mol. The van der Waals surface area contributed by atoms with Crippen molar-refractivity contribution in [2.24, 2.45) is 0 Å². The van der Waals surface area contributed by atoms with E-state index in [-0.39, 0.29) is 23.1 Å². The molecule has 124 valence electrons. The Bertz CT molecular complexity index is 728. The van der Waals surface area contributed by atoms with Gasteiger partial charge in [0.2, 0.25) is 0 Å². The first-order valence-electron chi connectivity index (χ1n) is 7.17. The Kier molecular flexibility index (Phi) is 4.29. The molecule has 0 saturated heterocycles. The lowest BCUT2D eigenvalue weighted by atomic mass is 10.3. The summed E-state index contributed by atoms with van der Waals surface area (Å²) in [6, 6.07) is 1.45. The van der Waals surface area contributed by atoms with Crippen LogP contribution >= 0.6 is 11.3 Å². The second-order valence-electron chi connectivity index (χ2n) is 5.38. The third kappa shape index (κ3) is 3.19. The van der Waals surface area contributed by atoms with Crippen LogP contribution in [0.2, 0.25) is 0 Å². The molecule has 3 heterocycles. The van der Waals surface area contributed by atoms with E-state index in [9.17, 15) is 13.6 Å². The van der Waals surface area contributed by atoms with E-state index in [1.165, 1.54) is 11.0 Å². The number of alkyl halides is 2. The zero-order chi connectivity index (χ0) is 16.6. The molecule has 3 rings (SSSR count). The van der Waals surface area contributed by atoms with Gasteiger partial charge in [-0.3, -0.25) is 4.79 Å². The van der Waals surface area contributed by atoms with E-state index in [1.807, 2.05) is 4.57 Å². The Labute approximate surface area is 135 Å². The lowest BCUT2D eigenvalue weighted by molar-refractivity contribution is -0.0499. The summed E-state index contributed by atoms with van der Waals surface area (Å²) in [7, 11) is 1.61. The van der Waals surface area contributed by atoms with Crippen LogP contribution in [0.1, 0.15) is 32.6 Å². The van der Waals surface area contributed by atoms with Crippen LogP contribution in [0, 0.1) is 6.92 Å². The van der Waals surface area contributed by atoms with Crippen LogP contribution in [0.4, 0.5) is 8.78 Å². The number of hydrogen-bond donors (Lipinski definition) is 0. The number of carbonyl (C=O) groups is 1. The van der Waals surface area contributed by atoms with Crippen molar-refractivity contribution in [1.82, 2.24) is 19.7 Å². The van der Waals surface area contributed by atoms with Gasteiger partial charge in [-0.25, -0.2) is 0 Å². The number of aromatic nitrogens is 3. The molecule has 0 bridgehead atoms.